The number of ether oxygens (including phenoxy) is 1. The maximum absolute atomic E-state index is 12.7. The molecule has 0 saturated carbocycles. The van der Waals surface area contributed by atoms with Gasteiger partial charge in [0.15, 0.2) is 0 Å². The second kappa shape index (κ2) is 20.3. The van der Waals surface area contributed by atoms with E-state index in [2.05, 4.69) is 75.2 Å². The van der Waals surface area contributed by atoms with Crippen molar-refractivity contribution >= 4 is 84.5 Å². The van der Waals surface area contributed by atoms with Crippen molar-refractivity contribution in [3.05, 3.63) is 161 Å². The summed E-state index contributed by atoms with van der Waals surface area (Å²) in [6, 6.07) is 15.6. The van der Waals surface area contributed by atoms with Gasteiger partial charge in [-0.2, -0.15) is 0 Å². The van der Waals surface area contributed by atoms with Crippen molar-refractivity contribution in [1.82, 2.24) is 49.1 Å². The maximum atomic E-state index is 12.7. The minimum atomic E-state index is -1.37. The molecule has 10 rings (SSSR count). The third kappa shape index (κ3) is 10.4. The number of hydrogen-bond donors (Lipinski definition) is 3. The summed E-state index contributed by atoms with van der Waals surface area (Å²) < 4.78 is 11.0. The van der Waals surface area contributed by atoms with Gasteiger partial charge in [-0.15, -0.1) is 0 Å². The molecule has 4 atom stereocenters. The Bertz CT molecular complexity index is 3040. The van der Waals surface area contributed by atoms with E-state index in [-0.39, 0.29) is 18.2 Å². The van der Waals surface area contributed by atoms with Crippen LogP contribution in [0.5, 0.6) is 0 Å². The third-order valence-electron chi connectivity index (χ3n) is 13.7. The van der Waals surface area contributed by atoms with Gasteiger partial charge in [0.2, 0.25) is 0 Å². The number of rotatable bonds is 6. The second-order valence-electron chi connectivity index (χ2n) is 19.9. The molecule has 2 aliphatic carbocycles. The van der Waals surface area contributed by atoms with E-state index in [1.54, 1.807) is 43.1 Å². The standard InChI is InChI=1S/C29H33BrClN5O3.C24H25BrClN5O/c1-28(2,3)39-27(37)36-10-8-35(9-11-36)26-21-7-6-20(31)14-22(21)23(13-18-12-19(30)15-33-25(18)26)29(4,38)24-16-32-17-34(24)5;1-24(32,21-13-28-14-30(21)2)20-10-15-9-16(25)12-29-22(15)23(31-7-5-27-6-8-31)18-4-3-17(26)11-19(18)20/h6-7,12-17,26,38H,8-11H2,1-5H3;3-4,9-14,23,27,32H,5-8H2,1-2H3/t26-,29?;23-,24?/m00/s1. The smallest absolute Gasteiger partial charge is 0.410 e. The van der Waals surface area contributed by atoms with E-state index in [4.69, 9.17) is 37.9 Å². The molecule has 0 spiro atoms. The summed E-state index contributed by atoms with van der Waals surface area (Å²) in [7, 11) is 3.76. The highest BCUT2D eigenvalue weighted by atomic mass is 79.9. The molecule has 0 radical (unpaired) electrons. The fourth-order valence-electron chi connectivity index (χ4n) is 10.3. The number of aryl methyl sites for hydroxylation is 2. The van der Waals surface area contributed by atoms with Crippen LogP contribution in [-0.2, 0) is 30.0 Å². The van der Waals surface area contributed by atoms with Crippen LogP contribution < -0.4 is 5.32 Å². The number of nitrogens with one attached hydrogen (secondary N) is 1. The molecule has 2 saturated heterocycles. The molecule has 4 aromatic heterocycles. The number of imidazole rings is 2. The Balaban J connectivity index is 0.000000179. The molecule has 2 aromatic carbocycles. The number of piperazine rings is 2. The Hall–Kier alpha value is -4.75. The number of halogens is 4. The summed E-state index contributed by atoms with van der Waals surface area (Å²) in [5, 5.41) is 28.6. The minimum absolute atomic E-state index is 0.0384. The number of pyridine rings is 2. The molecular formula is C53H58Br2Cl2N10O4. The number of aromatic nitrogens is 6. The average Bonchev–Trinajstić information content (AvgIpc) is 3.91. The van der Waals surface area contributed by atoms with Crippen molar-refractivity contribution in [3.63, 3.8) is 0 Å². The lowest BCUT2D eigenvalue weighted by Crippen LogP contribution is -2.51. The summed E-state index contributed by atoms with van der Waals surface area (Å²) in [4.78, 5) is 37.5. The molecule has 0 bridgehead atoms. The molecule has 2 aliphatic heterocycles. The van der Waals surface area contributed by atoms with Crippen LogP contribution in [0.1, 0.15) is 103 Å². The van der Waals surface area contributed by atoms with Crippen molar-refractivity contribution in [2.24, 2.45) is 14.1 Å². The lowest BCUT2D eigenvalue weighted by molar-refractivity contribution is 0.0117. The fraction of sp³-hybridized carbons (Fsp3) is 0.377. The third-order valence-corrected chi connectivity index (χ3v) is 15.0. The van der Waals surface area contributed by atoms with Crippen LogP contribution in [0.3, 0.4) is 0 Å². The van der Waals surface area contributed by atoms with E-state index in [0.717, 1.165) is 85.5 Å². The lowest BCUT2D eigenvalue weighted by atomic mass is 9.84. The Morgan fingerprint density at radius 2 is 1.10 bits per heavy atom. The van der Waals surface area contributed by atoms with Gasteiger partial charge in [0.05, 0.1) is 59.9 Å². The van der Waals surface area contributed by atoms with E-state index in [9.17, 15) is 15.0 Å². The first-order valence-electron chi connectivity index (χ1n) is 23.6. The predicted molar refractivity (Wildman–Crippen MR) is 286 cm³/mol. The van der Waals surface area contributed by atoms with E-state index in [1.807, 2.05) is 99.6 Å². The topological polar surface area (TPSA) is 150 Å². The molecule has 1 amide bonds. The van der Waals surface area contributed by atoms with Crippen molar-refractivity contribution < 1.29 is 19.7 Å². The number of fused-ring (bicyclic) bond motifs is 4. The quantitative estimate of drug-likeness (QED) is 0.146. The second-order valence-corrected chi connectivity index (χ2v) is 22.6. The van der Waals surface area contributed by atoms with Gasteiger partial charge in [-0.3, -0.25) is 19.8 Å². The number of benzene rings is 2. The molecule has 3 N–H and O–H groups in total. The van der Waals surface area contributed by atoms with Gasteiger partial charge < -0.3 is 34.3 Å². The Morgan fingerprint density at radius 1 is 0.662 bits per heavy atom. The minimum Gasteiger partial charge on any atom is -0.444 e. The molecular weight excluding hydrogens is 1070 g/mol. The molecule has 2 unspecified atom stereocenters. The van der Waals surface area contributed by atoms with Gasteiger partial charge >= 0.3 is 6.09 Å². The van der Waals surface area contributed by atoms with E-state index < -0.39 is 16.8 Å². The van der Waals surface area contributed by atoms with Gasteiger partial charge in [0.25, 0.3) is 0 Å². The Labute approximate surface area is 441 Å². The zero-order chi connectivity index (χ0) is 50.6. The average molecular weight is 1130 g/mol. The predicted octanol–water partition coefficient (Wildman–Crippen LogP) is 9.62. The van der Waals surface area contributed by atoms with Crippen molar-refractivity contribution in [3.8, 4) is 0 Å². The largest absolute Gasteiger partial charge is 0.444 e. The van der Waals surface area contributed by atoms with Crippen LogP contribution in [0.15, 0.2) is 94.9 Å². The monoisotopic (exact) mass is 1130 g/mol. The summed E-state index contributed by atoms with van der Waals surface area (Å²) in [6.07, 6.45) is 14.2. The molecule has 4 aliphatic rings. The molecule has 2 fully saturated rings. The number of hydrogen-bond acceptors (Lipinski definition) is 11. The van der Waals surface area contributed by atoms with Gasteiger partial charge in [-0.1, -0.05) is 35.3 Å². The maximum Gasteiger partial charge on any atom is 0.410 e. The van der Waals surface area contributed by atoms with Crippen LogP contribution in [0.25, 0.3) is 23.3 Å². The number of amides is 1. The highest BCUT2D eigenvalue weighted by Gasteiger charge is 2.41. The SMILES string of the molecule is Cn1cncc1C(C)(O)C1=Cc2cc(Br)cnc2[C@@H](N2CCN(C(=O)OC(C)(C)C)CC2)c2ccc(Cl)cc21.Cn1cncc1C(C)(O)C1=Cc2cc(Br)cnc2[C@@H](N2CCNCC2)c2ccc(Cl)cc21. The van der Waals surface area contributed by atoms with Crippen LogP contribution in [0.4, 0.5) is 4.79 Å². The molecule has 372 valence electrons. The zero-order valence-corrected chi connectivity index (χ0v) is 45.5. The Kier molecular flexibility index (Phi) is 14.6. The van der Waals surface area contributed by atoms with Gasteiger partial charge in [-0.25, -0.2) is 14.8 Å². The summed E-state index contributed by atoms with van der Waals surface area (Å²) >= 11 is 20.2. The normalized spacial score (nSPS) is 20.0. The Morgan fingerprint density at radius 3 is 1.51 bits per heavy atom. The van der Waals surface area contributed by atoms with Crippen molar-refractivity contribution in [2.75, 3.05) is 52.4 Å². The number of aliphatic hydroxyl groups is 2. The molecule has 71 heavy (non-hydrogen) atoms. The zero-order valence-electron chi connectivity index (χ0n) is 40.8. The van der Waals surface area contributed by atoms with E-state index >= 15 is 0 Å². The van der Waals surface area contributed by atoms with Gasteiger partial charge in [-0.05, 0) is 160 Å². The number of carbonyl (C=O) groups excluding carboxylic acids is 1. The molecule has 18 heteroatoms. The molecule has 6 aromatic rings. The van der Waals surface area contributed by atoms with Gasteiger partial charge in [0, 0.05) is 97.8 Å². The summed E-state index contributed by atoms with van der Waals surface area (Å²) in [5.74, 6) is 0. The summed E-state index contributed by atoms with van der Waals surface area (Å²) in [5.41, 5.74) is 7.26. The lowest BCUT2D eigenvalue weighted by Gasteiger charge is -2.40. The van der Waals surface area contributed by atoms with Gasteiger partial charge in [0.1, 0.15) is 16.8 Å². The highest BCUT2D eigenvalue weighted by Crippen LogP contribution is 2.49. The van der Waals surface area contributed by atoms with E-state index in [1.165, 1.54) is 0 Å². The summed E-state index contributed by atoms with van der Waals surface area (Å²) in [6.45, 7) is 15.3. The number of carbonyl (C=O) groups is 1. The number of nitrogens with zero attached hydrogens (tertiary/aromatic N) is 9. The highest BCUT2D eigenvalue weighted by molar-refractivity contribution is 9.10. The first-order valence-corrected chi connectivity index (χ1v) is 26.0. The van der Waals surface area contributed by atoms with Crippen molar-refractivity contribution in [2.45, 2.75) is 63.5 Å². The molecule has 14 nitrogen and oxygen atoms in total. The van der Waals surface area contributed by atoms with Crippen LogP contribution >= 0.6 is 55.1 Å². The fourth-order valence-corrected chi connectivity index (χ4v) is 11.3. The van der Waals surface area contributed by atoms with Crippen LogP contribution in [0.2, 0.25) is 10.0 Å². The van der Waals surface area contributed by atoms with Crippen LogP contribution in [0, 0.1) is 0 Å². The van der Waals surface area contributed by atoms with E-state index in [0.29, 0.717) is 53.2 Å². The first-order chi connectivity index (χ1) is 33.7. The van der Waals surface area contributed by atoms with Crippen LogP contribution in [-0.4, -0.2) is 118 Å². The van der Waals surface area contributed by atoms with Crippen molar-refractivity contribution in [1.29, 1.82) is 0 Å². The molecule has 6 heterocycles. The first kappa shape index (κ1) is 51.2.